The second kappa shape index (κ2) is 10.5. The molecule has 0 radical (unpaired) electrons. The van der Waals surface area contributed by atoms with Gasteiger partial charge < -0.3 is 20.3 Å². The van der Waals surface area contributed by atoms with E-state index in [0.717, 1.165) is 28.7 Å². The summed E-state index contributed by atoms with van der Waals surface area (Å²) in [6.45, 7) is 3.88. The third-order valence-electron chi connectivity index (χ3n) is 8.28. The number of likely N-dealkylation sites (tertiary alicyclic amines) is 1. The fourth-order valence-electron chi connectivity index (χ4n) is 6.56. The van der Waals surface area contributed by atoms with Crippen molar-refractivity contribution < 1.29 is 22.7 Å². The van der Waals surface area contributed by atoms with Gasteiger partial charge in [0.05, 0.1) is 31.3 Å². The Morgan fingerprint density at radius 1 is 1.38 bits per heavy atom. The number of aryl methyl sites for hydroxylation is 1. The highest BCUT2D eigenvalue weighted by molar-refractivity contribution is 7.16. The molecule has 5 atom stereocenters. The lowest BCUT2D eigenvalue weighted by Crippen LogP contribution is -2.64. The molecule has 2 fully saturated rings. The lowest BCUT2D eigenvalue weighted by Gasteiger charge is -2.53. The van der Waals surface area contributed by atoms with Crippen molar-refractivity contribution in [3.63, 3.8) is 0 Å². The normalized spacial score (nSPS) is 32.1. The first-order valence-electron chi connectivity index (χ1n) is 13.1. The minimum atomic E-state index is -3.25. The van der Waals surface area contributed by atoms with Crippen LogP contribution >= 0.6 is 22.9 Å². The van der Waals surface area contributed by atoms with E-state index in [0.29, 0.717) is 22.5 Å². The van der Waals surface area contributed by atoms with Gasteiger partial charge in [0.2, 0.25) is 5.91 Å². The summed E-state index contributed by atoms with van der Waals surface area (Å²) in [5.74, 6) is -4.33. The van der Waals surface area contributed by atoms with Crippen LogP contribution in [-0.2, 0) is 21.5 Å². The second-order valence-electron chi connectivity index (χ2n) is 10.8. The summed E-state index contributed by atoms with van der Waals surface area (Å²) in [6.07, 6.45) is 1.51. The molecule has 4 heterocycles. The van der Waals surface area contributed by atoms with Crippen molar-refractivity contribution in [1.29, 1.82) is 5.26 Å². The quantitative estimate of drug-likeness (QED) is 0.316. The van der Waals surface area contributed by atoms with E-state index in [2.05, 4.69) is 22.6 Å². The van der Waals surface area contributed by atoms with Crippen molar-refractivity contribution in [2.75, 3.05) is 39.0 Å². The average Bonchev–Trinajstić information content (AvgIpc) is 3.15. The highest BCUT2D eigenvalue weighted by Gasteiger charge is 2.56. The van der Waals surface area contributed by atoms with Gasteiger partial charge in [0.25, 0.3) is 5.92 Å². The summed E-state index contributed by atoms with van der Waals surface area (Å²) < 4.78 is 52.1. The van der Waals surface area contributed by atoms with Gasteiger partial charge in [0, 0.05) is 35.0 Å². The number of nitrogen functional groups attached to an aromatic ring is 1. The Morgan fingerprint density at radius 3 is 2.80 bits per heavy atom. The number of alkyl halides is 4. The number of ether oxygens (including phenoxy) is 1. The number of thiophene rings is 1. The van der Waals surface area contributed by atoms with Gasteiger partial charge in [0.1, 0.15) is 22.9 Å². The first-order chi connectivity index (χ1) is 18.9. The number of amides is 1. The smallest absolute Gasteiger partial charge is 0.313 e. The Kier molecular flexibility index (Phi) is 7.56. The minimum absolute atomic E-state index is 0.0170. The molecule has 2 N–H and O–H groups in total. The van der Waals surface area contributed by atoms with Crippen LogP contribution in [0.2, 0.25) is 0 Å². The van der Waals surface area contributed by atoms with E-state index >= 15 is 13.2 Å². The number of methoxy groups -OCH3 is 1. The lowest BCUT2D eigenvalue weighted by molar-refractivity contribution is -0.130. The predicted molar refractivity (Wildman–Crippen MR) is 147 cm³/mol. The molecule has 1 aliphatic carbocycles. The number of halogens is 4. The van der Waals surface area contributed by atoms with Crippen LogP contribution in [0.3, 0.4) is 0 Å². The molecule has 5 unspecified atom stereocenters. The van der Waals surface area contributed by atoms with Crippen LogP contribution in [0.25, 0.3) is 0 Å². The van der Waals surface area contributed by atoms with Crippen molar-refractivity contribution in [1.82, 2.24) is 14.7 Å². The summed E-state index contributed by atoms with van der Waals surface area (Å²) in [7, 11) is 1.34. The van der Waals surface area contributed by atoms with Crippen molar-refractivity contribution in [3.05, 3.63) is 28.7 Å². The number of nitrogens with two attached hydrogens (primary N) is 1. The van der Waals surface area contributed by atoms with E-state index in [9.17, 15) is 10.1 Å². The maximum atomic E-state index is 16.8. The molecule has 0 aromatic carbocycles. The lowest BCUT2D eigenvalue weighted by atomic mass is 9.75. The standard InChI is InChI=1S/C26H31ClF3N7O2S/c1-4-18(38)35-8-9-36(13-26(29,30)12-35)23-14-10-17(27)37(21(28)20(14)33-24(34-23)39-3)25(2)7-5-6-16-19(25)15(11-31)22(32)40-16/h4,14,17,20-21H,1,5-10,12-13,32H2,2-3H3. The molecule has 2 saturated heterocycles. The summed E-state index contributed by atoms with van der Waals surface area (Å²) >= 11 is 8.29. The van der Waals surface area contributed by atoms with Crippen molar-refractivity contribution in [2.45, 2.75) is 61.9 Å². The zero-order chi connectivity index (χ0) is 29.0. The average molecular weight is 598 g/mol. The van der Waals surface area contributed by atoms with E-state index in [1.807, 2.05) is 6.92 Å². The molecular formula is C26H31ClF3N7O2S. The van der Waals surface area contributed by atoms with E-state index < -0.39 is 54.2 Å². The van der Waals surface area contributed by atoms with Crippen molar-refractivity contribution >= 4 is 45.7 Å². The van der Waals surface area contributed by atoms with Gasteiger partial charge in [-0.3, -0.25) is 4.79 Å². The number of fused-ring (bicyclic) bond motifs is 2. The molecule has 0 spiro atoms. The van der Waals surface area contributed by atoms with E-state index in [1.54, 1.807) is 4.90 Å². The van der Waals surface area contributed by atoms with Crippen molar-refractivity contribution in [2.24, 2.45) is 15.9 Å². The molecule has 216 valence electrons. The topological polar surface area (TPSA) is 111 Å². The zero-order valence-electron chi connectivity index (χ0n) is 22.2. The van der Waals surface area contributed by atoms with Gasteiger partial charge in [-0.15, -0.1) is 22.9 Å². The Bertz CT molecular complexity index is 1310. The van der Waals surface area contributed by atoms with E-state index in [1.165, 1.54) is 23.3 Å². The zero-order valence-corrected chi connectivity index (χ0v) is 23.8. The molecule has 14 heteroatoms. The third kappa shape index (κ3) is 4.73. The first kappa shape index (κ1) is 28.7. The summed E-state index contributed by atoms with van der Waals surface area (Å²) in [6, 6.07) is 1.04. The Labute approximate surface area is 239 Å². The van der Waals surface area contributed by atoms with Crippen LogP contribution in [0.15, 0.2) is 22.6 Å². The first-order valence-corrected chi connectivity index (χ1v) is 14.3. The third-order valence-corrected chi connectivity index (χ3v) is 9.75. The van der Waals surface area contributed by atoms with E-state index in [-0.39, 0.29) is 31.4 Å². The van der Waals surface area contributed by atoms with Gasteiger partial charge in [-0.25, -0.2) is 23.1 Å². The highest BCUT2D eigenvalue weighted by Crippen LogP contribution is 2.52. The number of anilines is 1. The number of carbonyl (C=O) groups is 1. The molecular weight excluding hydrogens is 567 g/mol. The number of piperidine rings is 1. The number of aliphatic imine (C=N–C) groups is 2. The molecule has 1 aromatic rings. The summed E-state index contributed by atoms with van der Waals surface area (Å²) in [5.41, 5.74) is 5.44. The fraction of sp³-hybridized carbons (Fsp3) is 0.615. The van der Waals surface area contributed by atoms with Gasteiger partial charge in [0.15, 0.2) is 6.30 Å². The van der Waals surface area contributed by atoms with Crippen molar-refractivity contribution in [3.8, 4) is 6.07 Å². The molecule has 0 saturated carbocycles. The SMILES string of the molecule is C=CC(=O)N1CCN(C2=NC(OC)=NC3C2CC(Cl)N(C2(C)CCCc4sc(N)c(C#N)c42)C3F)CC(F)(F)C1. The molecule has 5 rings (SSSR count). The van der Waals surface area contributed by atoms with Gasteiger partial charge in [-0.2, -0.15) is 10.3 Å². The Morgan fingerprint density at radius 2 is 2.12 bits per heavy atom. The largest absolute Gasteiger partial charge is 0.467 e. The maximum absolute atomic E-state index is 16.8. The number of amidine groups is 2. The Hall–Kier alpha value is -2.82. The van der Waals surface area contributed by atoms with Crippen LogP contribution in [0.5, 0.6) is 0 Å². The van der Waals surface area contributed by atoms with Gasteiger partial charge in [-0.05, 0) is 38.7 Å². The number of hydrogen-bond donors (Lipinski definition) is 1. The van der Waals surface area contributed by atoms with E-state index in [4.69, 9.17) is 22.1 Å². The monoisotopic (exact) mass is 597 g/mol. The Balaban J connectivity index is 1.50. The molecule has 1 amide bonds. The number of hydrogen-bond acceptors (Lipinski definition) is 9. The van der Waals surface area contributed by atoms with Crippen LogP contribution in [0.4, 0.5) is 18.2 Å². The molecule has 1 aromatic heterocycles. The number of nitrogens with zero attached hydrogens (tertiary/aromatic N) is 6. The van der Waals surface area contributed by atoms with Crippen LogP contribution in [-0.4, -0.2) is 89.5 Å². The molecule has 40 heavy (non-hydrogen) atoms. The van der Waals surface area contributed by atoms with Gasteiger partial charge >= 0.3 is 6.02 Å². The van der Waals surface area contributed by atoms with Crippen LogP contribution < -0.4 is 5.73 Å². The number of nitriles is 1. The highest BCUT2D eigenvalue weighted by atomic mass is 35.5. The predicted octanol–water partition coefficient (Wildman–Crippen LogP) is 3.68. The van der Waals surface area contributed by atoms with Crippen LogP contribution in [0.1, 0.15) is 42.2 Å². The fourth-order valence-corrected chi connectivity index (χ4v) is 8.26. The molecule has 0 bridgehead atoms. The minimum Gasteiger partial charge on any atom is -0.467 e. The number of carbonyl (C=O) groups excluding carboxylic acids is 1. The van der Waals surface area contributed by atoms with Gasteiger partial charge in [-0.1, -0.05) is 6.58 Å². The number of rotatable bonds is 2. The molecule has 4 aliphatic rings. The maximum Gasteiger partial charge on any atom is 0.313 e. The summed E-state index contributed by atoms with van der Waals surface area (Å²) in [4.78, 5) is 25.9. The molecule has 3 aliphatic heterocycles. The van der Waals surface area contributed by atoms with Crippen LogP contribution in [0, 0.1) is 17.2 Å². The second-order valence-corrected chi connectivity index (χ2v) is 12.4. The molecule has 9 nitrogen and oxygen atoms in total. The summed E-state index contributed by atoms with van der Waals surface area (Å²) in [5, 5.41) is 10.3.